The molecule has 0 aliphatic heterocycles. The van der Waals surface area contributed by atoms with Crippen LogP contribution in [0, 0.1) is 0 Å². The lowest BCUT2D eigenvalue weighted by Crippen LogP contribution is -2.42. The van der Waals surface area contributed by atoms with Crippen LogP contribution in [0.4, 0.5) is 5.69 Å². The fraction of sp³-hybridized carbons (Fsp3) is 0.462. The lowest BCUT2D eigenvalue weighted by Gasteiger charge is -2.25. The van der Waals surface area contributed by atoms with Crippen molar-refractivity contribution in [1.29, 1.82) is 0 Å². The Morgan fingerprint density at radius 2 is 2.06 bits per heavy atom. The third kappa shape index (κ3) is 3.71. The van der Waals surface area contributed by atoms with Gasteiger partial charge >= 0.3 is 0 Å². The van der Waals surface area contributed by atoms with Gasteiger partial charge in [0.05, 0.1) is 5.60 Å². The number of anilines is 1. The summed E-state index contributed by atoms with van der Waals surface area (Å²) in [5, 5.41) is 12.8. The first-order valence-electron chi connectivity index (χ1n) is 5.97. The summed E-state index contributed by atoms with van der Waals surface area (Å²) in [4.78, 5) is 11.9. The number of rotatable bonds is 5. The monoisotopic (exact) mass is 314 g/mol. The summed E-state index contributed by atoms with van der Waals surface area (Å²) in [7, 11) is 0. The smallest absolute Gasteiger partial charge is 0.251 e. The van der Waals surface area contributed by atoms with Crippen molar-refractivity contribution in [3.63, 3.8) is 0 Å². The maximum absolute atomic E-state index is 11.9. The summed E-state index contributed by atoms with van der Waals surface area (Å²) in [6.07, 6.45) is 1.21. The van der Waals surface area contributed by atoms with Crippen molar-refractivity contribution in [3.8, 4) is 0 Å². The van der Waals surface area contributed by atoms with Crippen molar-refractivity contribution >= 4 is 27.5 Å². The van der Waals surface area contributed by atoms with E-state index in [-0.39, 0.29) is 12.5 Å². The van der Waals surface area contributed by atoms with Gasteiger partial charge in [0.1, 0.15) is 0 Å². The number of benzene rings is 1. The third-order valence-corrected chi connectivity index (χ3v) is 3.87. The Morgan fingerprint density at radius 3 is 2.56 bits per heavy atom. The minimum atomic E-state index is -0.837. The molecule has 0 saturated heterocycles. The lowest BCUT2D eigenvalue weighted by molar-refractivity contribution is 0.0314. The summed E-state index contributed by atoms with van der Waals surface area (Å²) in [6.45, 7) is 4.04. The largest absolute Gasteiger partial charge is 0.398 e. The Morgan fingerprint density at radius 1 is 1.44 bits per heavy atom. The van der Waals surface area contributed by atoms with Crippen LogP contribution in [0.3, 0.4) is 0 Å². The van der Waals surface area contributed by atoms with Crippen LogP contribution in [0.15, 0.2) is 22.7 Å². The molecular formula is C13H19BrN2O2. The maximum atomic E-state index is 11.9. The van der Waals surface area contributed by atoms with Gasteiger partial charge in [-0.1, -0.05) is 13.8 Å². The molecule has 1 aromatic rings. The molecule has 0 radical (unpaired) electrons. The zero-order valence-corrected chi connectivity index (χ0v) is 12.3. The molecule has 5 heteroatoms. The van der Waals surface area contributed by atoms with E-state index in [4.69, 9.17) is 5.73 Å². The average Bonchev–Trinajstić information content (AvgIpc) is 2.38. The van der Waals surface area contributed by atoms with E-state index in [2.05, 4.69) is 21.2 Å². The quantitative estimate of drug-likeness (QED) is 0.730. The topological polar surface area (TPSA) is 75.3 Å². The van der Waals surface area contributed by atoms with Gasteiger partial charge in [0.2, 0.25) is 0 Å². The van der Waals surface area contributed by atoms with E-state index in [0.29, 0.717) is 24.1 Å². The summed E-state index contributed by atoms with van der Waals surface area (Å²) in [6, 6.07) is 5.03. The normalized spacial score (nSPS) is 11.3. The molecule has 0 saturated carbocycles. The summed E-state index contributed by atoms with van der Waals surface area (Å²) >= 11 is 3.27. The number of hydrogen-bond donors (Lipinski definition) is 3. The van der Waals surface area contributed by atoms with Crippen LogP contribution in [0.25, 0.3) is 0 Å². The highest BCUT2D eigenvalue weighted by atomic mass is 79.9. The Balaban J connectivity index is 2.68. The number of nitrogen functional groups attached to an aromatic ring is 1. The Hall–Kier alpha value is -1.07. The molecule has 0 spiro atoms. The van der Waals surface area contributed by atoms with Gasteiger partial charge in [0.15, 0.2) is 0 Å². The Labute approximate surface area is 116 Å². The molecular weight excluding hydrogens is 296 g/mol. The van der Waals surface area contributed by atoms with E-state index < -0.39 is 5.60 Å². The van der Waals surface area contributed by atoms with Crippen LogP contribution >= 0.6 is 15.9 Å². The van der Waals surface area contributed by atoms with Gasteiger partial charge in [-0.2, -0.15) is 0 Å². The molecule has 4 nitrogen and oxygen atoms in total. The number of halogens is 1. The number of aliphatic hydroxyl groups is 1. The van der Waals surface area contributed by atoms with Crippen LogP contribution in [0.5, 0.6) is 0 Å². The van der Waals surface area contributed by atoms with Gasteiger partial charge in [-0.05, 0) is 47.0 Å². The van der Waals surface area contributed by atoms with Gasteiger partial charge in [0.25, 0.3) is 5.91 Å². The number of amides is 1. The van der Waals surface area contributed by atoms with Crippen molar-refractivity contribution in [2.45, 2.75) is 32.3 Å². The highest BCUT2D eigenvalue weighted by Gasteiger charge is 2.23. The third-order valence-electron chi connectivity index (χ3n) is 3.15. The maximum Gasteiger partial charge on any atom is 0.251 e. The molecule has 0 heterocycles. The minimum Gasteiger partial charge on any atom is -0.398 e. The van der Waals surface area contributed by atoms with E-state index >= 15 is 0 Å². The van der Waals surface area contributed by atoms with Gasteiger partial charge in [-0.25, -0.2) is 0 Å². The van der Waals surface area contributed by atoms with E-state index in [9.17, 15) is 9.90 Å². The van der Waals surface area contributed by atoms with Crippen LogP contribution in [-0.4, -0.2) is 23.2 Å². The molecule has 0 aliphatic carbocycles. The highest BCUT2D eigenvalue weighted by Crippen LogP contribution is 2.20. The highest BCUT2D eigenvalue weighted by molar-refractivity contribution is 9.10. The lowest BCUT2D eigenvalue weighted by atomic mass is 9.97. The summed E-state index contributed by atoms with van der Waals surface area (Å²) in [5.74, 6) is -0.227. The van der Waals surface area contributed by atoms with Gasteiger partial charge in [-0.3, -0.25) is 4.79 Å². The molecule has 0 fully saturated rings. The van der Waals surface area contributed by atoms with Crippen molar-refractivity contribution in [3.05, 3.63) is 28.2 Å². The number of nitrogens with two attached hydrogens (primary N) is 1. The predicted octanol–water partition coefficient (Wildman–Crippen LogP) is 2.31. The zero-order valence-electron chi connectivity index (χ0n) is 10.7. The number of nitrogens with one attached hydrogen (secondary N) is 1. The van der Waals surface area contributed by atoms with Crippen molar-refractivity contribution in [2.24, 2.45) is 0 Å². The Bertz CT molecular complexity index is 431. The molecule has 1 aromatic carbocycles. The molecule has 0 bridgehead atoms. The molecule has 4 N–H and O–H groups in total. The first-order chi connectivity index (χ1) is 8.41. The fourth-order valence-corrected chi connectivity index (χ4v) is 1.78. The second kappa shape index (κ2) is 6.20. The van der Waals surface area contributed by atoms with Crippen molar-refractivity contribution in [2.75, 3.05) is 12.3 Å². The second-order valence-electron chi connectivity index (χ2n) is 4.35. The minimum absolute atomic E-state index is 0.227. The SMILES string of the molecule is CCC(O)(CC)CNC(=O)c1ccc(Br)c(N)c1. The van der Waals surface area contributed by atoms with Crippen molar-refractivity contribution < 1.29 is 9.90 Å². The van der Waals surface area contributed by atoms with E-state index in [1.807, 2.05) is 13.8 Å². The number of hydrogen-bond acceptors (Lipinski definition) is 3. The first kappa shape index (κ1) is 15.0. The molecule has 0 aromatic heterocycles. The van der Waals surface area contributed by atoms with E-state index in [1.165, 1.54) is 0 Å². The standard InChI is InChI=1S/C13H19BrN2O2/c1-3-13(18,4-2)8-16-12(17)9-5-6-10(14)11(15)7-9/h5-7,18H,3-4,8,15H2,1-2H3,(H,16,17). The molecule has 100 valence electrons. The first-order valence-corrected chi connectivity index (χ1v) is 6.76. The fourth-order valence-electron chi connectivity index (χ4n) is 1.53. The van der Waals surface area contributed by atoms with Crippen molar-refractivity contribution in [1.82, 2.24) is 5.32 Å². The summed E-state index contributed by atoms with van der Waals surface area (Å²) < 4.78 is 0.762. The van der Waals surface area contributed by atoms with Crippen LogP contribution in [0.2, 0.25) is 0 Å². The molecule has 18 heavy (non-hydrogen) atoms. The van der Waals surface area contributed by atoms with Gasteiger partial charge in [-0.15, -0.1) is 0 Å². The zero-order chi connectivity index (χ0) is 13.8. The molecule has 1 rings (SSSR count). The number of carbonyl (C=O) groups is 1. The van der Waals surface area contributed by atoms with Gasteiger partial charge < -0.3 is 16.2 Å². The summed E-state index contributed by atoms with van der Waals surface area (Å²) in [5.41, 5.74) is 5.89. The molecule has 0 atom stereocenters. The van der Waals surface area contributed by atoms with E-state index in [0.717, 1.165) is 4.47 Å². The van der Waals surface area contributed by atoms with Gasteiger partial charge in [0, 0.05) is 22.3 Å². The molecule has 0 aliphatic rings. The molecule has 0 unspecified atom stereocenters. The van der Waals surface area contributed by atoms with Crippen LogP contribution in [-0.2, 0) is 0 Å². The molecule has 1 amide bonds. The van der Waals surface area contributed by atoms with E-state index in [1.54, 1.807) is 18.2 Å². The Kier molecular flexibility index (Phi) is 5.16. The average molecular weight is 315 g/mol. The second-order valence-corrected chi connectivity index (χ2v) is 5.20. The van der Waals surface area contributed by atoms with Crippen LogP contribution in [0.1, 0.15) is 37.0 Å². The predicted molar refractivity (Wildman–Crippen MR) is 76.4 cm³/mol. The van der Waals surface area contributed by atoms with Crippen LogP contribution < -0.4 is 11.1 Å². The number of carbonyl (C=O) groups excluding carboxylic acids is 1.